The van der Waals surface area contributed by atoms with E-state index in [-0.39, 0.29) is 6.54 Å². The lowest BCUT2D eigenvalue weighted by molar-refractivity contribution is -0.139. The van der Waals surface area contributed by atoms with Crippen molar-refractivity contribution in [3.05, 3.63) is 65.7 Å². The van der Waals surface area contributed by atoms with Gasteiger partial charge in [-0.25, -0.2) is 9.59 Å². The number of esters is 1. The van der Waals surface area contributed by atoms with E-state index in [0.717, 1.165) is 10.8 Å². The predicted octanol–water partition coefficient (Wildman–Crippen LogP) is 4.85. The van der Waals surface area contributed by atoms with E-state index in [1.54, 1.807) is 76.1 Å². The first-order chi connectivity index (χ1) is 22.8. The molecule has 0 aliphatic carbocycles. The maximum Gasteiger partial charge on any atom is 0.410 e. The van der Waals surface area contributed by atoms with Crippen LogP contribution in [-0.4, -0.2) is 86.5 Å². The largest absolute Gasteiger partial charge is 0.496 e. The molecule has 1 saturated heterocycles. The molecule has 12 nitrogen and oxygen atoms in total. The minimum Gasteiger partial charge on any atom is -0.496 e. The van der Waals surface area contributed by atoms with Gasteiger partial charge >= 0.3 is 12.1 Å². The minimum atomic E-state index is -1.14. The number of benzene rings is 3. The van der Waals surface area contributed by atoms with E-state index < -0.39 is 47.2 Å². The van der Waals surface area contributed by atoms with Crippen molar-refractivity contribution in [2.45, 2.75) is 70.4 Å². The molecule has 0 unspecified atom stereocenters. The van der Waals surface area contributed by atoms with E-state index >= 15 is 0 Å². The summed E-state index contributed by atoms with van der Waals surface area (Å²) in [6, 6.07) is 14.0. The fourth-order valence-electron chi connectivity index (χ4n) is 6.07. The molecule has 1 spiro atoms. The molecule has 2 aliphatic heterocycles. The van der Waals surface area contributed by atoms with Crippen LogP contribution in [-0.2, 0) is 30.3 Å². The van der Waals surface area contributed by atoms with Gasteiger partial charge in [0.25, 0.3) is 5.91 Å². The lowest BCUT2D eigenvalue weighted by Crippen LogP contribution is -2.65. The fourth-order valence-corrected chi connectivity index (χ4v) is 6.07. The van der Waals surface area contributed by atoms with Gasteiger partial charge in [-0.3, -0.25) is 14.5 Å². The van der Waals surface area contributed by atoms with Gasteiger partial charge in [0, 0.05) is 25.5 Å². The molecule has 0 aromatic heterocycles. The summed E-state index contributed by atoms with van der Waals surface area (Å²) in [7, 11) is 4.36. The summed E-state index contributed by atoms with van der Waals surface area (Å²) < 4.78 is 28.6. The van der Waals surface area contributed by atoms with E-state index in [0.29, 0.717) is 54.4 Å². The van der Waals surface area contributed by atoms with Crippen molar-refractivity contribution in [2.24, 2.45) is 0 Å². The van der Waals surface area contributed by atoms with Crippen LogP contribution in [0.4, 0.5) is 10.5 Å². The number of para-hydroxylation sites is 2. The summed E-state index contributed by atoms with van der Waals surface area (Å²) in [6.45, 7) is 7.53. The van der Waals surface area contributed by atoms with Gasteiger partial charge in [0.05, 0.1) is 45.2 Å². The maximum atomic E-state index is 14.9. The van der Waals surface area contributed by atoms with Crippen molar-refractivity contribution >= 4 is 40.3 Å². The second-order valence-electron chi connectivity index (χ2n) is 13.1. The monoisotopic (exact) mass is 661 g/mol. The zero-order valence-corrected chi connectivity index (χ0v) is 28.5. The zero-order chi connectivity index (χ0) is 34.8. The topological polar surface area (TPSA) is 133 Å². The Hall–Kier alpha value is -4.84. The Morgan fingerprint density at radius 3 is 2.44 bits per heavy atom. The normalized spacial score (nSPS) is 17.9. The molecule has 0 bridgehead atoms. The molecule has 1 N–H and O–H groups in total. The third kappa shape index (κ3) is 6.89. The summed E-state index contributed by atoms with van der Waals surface area (Å²) in [5.74, 6) is -0.379. The van der Waals surface area contributed by atoms with Gasteiger partial charge in [-0.05, 0) is 68.8 Å². The van der Waals surface area contributed by atoms with Gasteiger partial charge in [-0.15, -0.1) is 0 Å². The van der Waals surface area contributed by atoms with E-state index in [1.165, 1.54) is 19.1 Å². The number of carbonyl (C=O) groups excluding carboxylic acids is 4. The Bertz CT molecular complexity index is 1710. The standard InChI is InChI=1S/C36H43N3O9/c1-22(38(5)34(43)48-35(2,3)4)31(40)37-30-32(41)39(27-10-8-9-11-29(27)47-36(30)16-18-46-19-17-36)21-26-25-14-12-24(33(42)45-7)20-23(25)13-15-28(26)44-6/h8-15,20,22,30H,16-19,21H2,1-7H3,(H,37,40)/t22-,30+/m0/s1. The molecule has 0 saturated carbocycles. The van der Waals surface area contributed by atoms with Crippen LogP contribution in [0.5, 0.6) is 11.5 Å². The van der Waals surface area contributed by atoms with Crippen LogP contribution in [0.15, 0.2) is 54.6 Å². The highest BCUT2D eigenvalue weighted by molar-refractivity contribution is 6.03. The summed E-state index contributed by atoms with van der Waals surface area (Å²) in [5, 5.41) is 4.49. The van der Waals surface area contributed by atoms with E-state index in [2.05, 4.69) is 5.32 Å². The third-order valence-corrected chi connectivity index (χ3v) is 8.82. The second kappa shape index (κ2) is 13.7. The van der Waals surface area contributed by atoms with Crippen LogP contribution in [0.1, 0.15) is 56.5 Å². The Morgan fingerprint density at radius 1 is 1.06 bits per heavy atom. The van der Waals surface area contributed by atoms with Crippen molar-refractivity contribution in [3.63, 3.8) is 0 Å². The van der Waals surface area contributed by atoms with Crippen molar-refractivity contribution in [1.29, 1.82) is 0 Å². The minimum absolute atomic E-state index is 0.0591. The third-order valence-electron chi connectivity index (χ3n) is 8.82. The molecule has 0 radical (unpaired) electrons. The molecule has 48 heavy (non-hydrogen) atoms. The van der Waals surface area contributed by atoms with Crippen LogP contribution < -0.4 is 19.7 Å². The quantitative estimate of drug-likeness (QED) is 0.353. The predicted molar refractivity (Wildman–Crippen MR) is 178 cm³/mol. The summed E-state index contributed by atoms with van der Waals surface area (Å²) in [6.07, 6.45) is 0.0216. The van der Waals surface area contributed by atoms with Crippen LogP contribution in [0.25, 0.3) is 10.8 Å². The maximum absolute atomic E-state index is 14.9. The van der Waals surface area contributed by atoms with Gasteiger partial charge in [0.2, 0.25) is 5.91 Å². The number of anilines is 1. The first-order valence-corrected chi connectivity index (χ1v) is 15.9. The molecule has 5 rings (SSSR count). The van der Waals surface area contributed by atoms with E-state index in [1.807, 2.05) is 18.2 Å². The van der Waals surface area contributed by atoms with Gasteiger partial charge in [0.1, 0.15) is 34.8 Å². The Kier molecular flexibility index (Phi) is 9.86. The molecule has 1 fully saturated rings. The fraction of sp³-hybridized carbons (Fsp3) is 0.444. The first kappa shape index (κ1) is 34.5. The zero-order valence-electron chi connectivity index (χ0n) is 28.5. The lowest BCUT2D eigenvalue weighted by Gasteiger charge is -2.42. The Labute approximate surface area is 280 Å². The number of nitrogens with one attached hydrogen (secondary N) is 1. The number of methoxy groups -OCH3 is 2. The number of nitrogens with zero attached hydrogens (tertiary/aromatic N) is 2. The van der Waals surface area contributed by atoms with Gasteiger partial charge in [0.15, 0.2) is 0 Å². The molecular weight excluding hydrogens is 618 g/mol. The van der Waals surface area contributed by atoms with Crippen molar-refractivity contribution < 1.29 is 42.9 Å². The van der Waals surface area contributed by atoms with Crippen molar-refractivity contribution in [1.82, 2.24) is 10.2 Å². The highest BCUT2D eigenvalue weighted by Gasteiger charge is 2.52. The molecule has 3 amide bonds. The lowest BCUT2D eigenvalue weighted by atomic mass is 9.84. The van der Waals surface area contributed by atoms with Crippen molar-refractivity contribution in [3.8, 4) is 11.5 Å². The number of hydrogen-bond donors (Lipinski definition) is 1. The molecule has 12 heteroatoms. The van der Waals surface area contributed by atoms with Gasteiger partial charge < -0.3 is 33.9 Å². The smallest absolute Gasteiger partial charge is 0.410 e. The molecule has 3 aromatic carbocycles. The Balaban J connectivity index is 1.57. The van der Waals surface area contributed by atoms with Crippen LogP contribution in [0, 0.1) is 0 Å². The number of amides is 3. The average molecular weight is 662 g/mol. The summed E-state index contributed by atoms with van der Waals surface area (Å²) in [4.78, 5) is 56.7. The molecule has 2 atom stereocenters. The number of likely N-dealkylation sites (N-methyl/N-ethyl adjacent to an activating group) is 1. The van der Waals surface area contributed by atoms with Gasteiger partial charge in [-0.1, -0.05) is 24.3 Å². The molecule has 256 valence electrons. The summed E-state index contributed by atoms with van der Waals surface area (Å²) in [5.41, 5.74) is -0.275. The number of ether oxygens (including phenoxy) is 5. The number of carbonyl (C=O) groups is 4. The molecule has 3 aromatic rings. The first-order valence-electron chi connectivity index (χ1n) is 15.9. The van der Waals surface area contributed by atoms with Crippen molar-refractivity contribution in [2.75, 3.05) is 39.4 Å². The van der Waals surface area contributed by atoms with E-state index in [9.17, 15) is 19.2 Å². The highest BCUT2D eigenvalue weighted by atomic mass is 16.6. The number of hydrogen-bond acceptors (Lipinski definition) is 9. The van der Waals surface area contributed by atoms with Crippen LogP contribution in [0.2, 0.25) is 0 Å². The Morgan fingerprint density at radius 2 is 1.77 bits per heavy atom. The number of rotatable bonds is 7. The van der Waals surface area contributed by atoms with Crippen LogP contribution in [0.3, 0.4) is 0 Å². The average Bonchev–Trinajstić information content (AvgIpc) is 3.15. The van der Waals surface area contributed by atoms with Gasteiger partial charge in [-0.2, -0.15) is 0 Å². The highest BCUT2D eigenvalue weighted by Crippen LogP contribution is 2.42. The molecule has 2 heterocycles. The molecule has 2 aliphatic rings. The SMILES string of the molecule is COC(=O)c1ccc2c(CN3C(=O)[C@@H](NC(=O)[C@H](C)N(C)C(=O)OC(C)(C)C)C4(CCOCC4)Oc4ccccc43)c(OC)ccc2c1. The molecular formula is C36H43N3O9. The van der Waals surface area contributed by atoms with Crippen LogP contribution >= 0.6 is 0 Å². The number of fused-ring (bicyclic) bond motifs is 2. The van der Waals surface area contributed by atoms with E-state index in [4.69, 9.17) is 23.7 Å². The second-order valence-corrected chi connectivity index (χ2v) is 13.1. The summed E-state index contributed by atoms with van der Waals surface area (Å²) >= 11 is 0.